The van der Waals surface area contributed by atoms with Crippen molar-refractivity contribution >= 4 is 5.91 Å². The Labute approximate surface area is 174 Å². The molecule has 0 spiro atoms. The zero-order valence-corrected chi connectivity index (χ0v) is 18.6. The Kier molecular flexibility index (Phi) is 7.11. The molecule has 1 aromatic rings. The number of likely N-dealkylation sites (tertiary alicyclic amines) is 1. The van der Waals surface area contributed by atoms with Gasteiger partial charge in [-0.1, -0.05) is 20.8 Å². The highest BCUT2D eigenvalue weighted by Crippen LogP contribution is 2.19. The van der Waals surface area contributed by atoms with Crippen molar-refractivity contribution in [3.05, 3.63) is 28.2 Å². The summed E-state index contributed by atoms with van der Waals surface area (Å²) in [5, 5.41) is 4.58. The molecule has 7 heteroatoms. The minimum absolute atomic E-state index is 0.0241. The molecule has 2 fully saturated rings. The second kappa shape index (κ2) is 9.39. The molecule has 1 amide bonds. The van der Waals surface area contributed by atoms with Gasteiger partial charge in [0.1, 0.15) is 0 Å². The number of nitrogens with zero attached hydrogens (tertiary/aromatic N) is 5. The van der Waals surface area contributed by atoms with Gasteiger partial charge in [0.15, 0.2) is 0 Å². The molecular weight excluding hydrogens is 366 g/mol. The lowest BCUT2D eigenvalue weighted by atomic mass is 9.92. The highest BCUT2D eigenvalue weighted by atomic mass is 16.2. The van der Waals surface area contributed by atoms with E-state index in [0.29, 0.717) is 12.5 Å². The van der Waals surface area contributed by atoms with E-state index in [4.69, 9.17) is 0 Å². The molecule has 1 aromatic heterocycles. The molecule has 2 saturated heterocycles. The van der Waals surface area contributed by atoms with Crippen molar-refractivity contribution in [2.75, 3.05) is 52.4 Å². The Morgan fingerprint density at radius 1 is 1.07 bits per heavy atom. The number of piperazine rings is 1. The Morgan fingerprint density at radius 2 is 1.76 bits per heavy atom. The number of hydrogen-bond acceptors (Lipinski definition) is 5. The van der Waals surface area contributed by atoms with E-state index in [-0.39, 0.29) is 16.9 Å². The smallest absolute Gasteiger partial charge is 0.266 e. The molecule has 2 aliphatic rings. The van der Waals surface area contributed by atoms with Crippen LogP contribution in [0.3, 0.4) is 0 Å². The van der Waals surface area contributed by atoms with E-state index in [1.54, 1.807) is 17.7 Å². The fourth-order valence-electron chi connectivity index (χ4n) is 4.31. The average molecular weight is 404 g/mol. The van der Waals surface area contributed by atoms with E-state index in [9.17, 15) is 9.59 Å². The van der Waals surface area contributed by atoms with E-state index in [1.165, 1.54) is 6.42 Å². The van der Waals surface area contributed by atoms with Gasteiger partial charge in [0.25, 0.3) is 5.56 Å². The predicted octanol–water partition coefficient (Wildman–Crippen LogP) is 1.42. The lowest BCUT2D eigenvalue weighted by molar-refractivity contribution is -0.130. The maximum Gasteiger partial charge on any atom is 0.266 e. The van der Waals surface area contributed by atoms with Crippen LogP contribution in [-0.2, 0) is 16.8 Å². The van der Waals surface area contributed by atoms with Gasteiger partial charge in [-0.05, 0) is 24.8 Å². The third-order valence-corrected chi connectivity index (χ3v) is 6.21. The van der Waals surface area contributed by atoms with Crippen molar-refractivity contribution in [3.8, 4) is 0 Å². The van der Waals surface area contributed by atoms with Crippen molar-refractivity contribution < 1.29 is 4.79 Å². The van der Waals surface area contributed by atoms with Crippen LogP contribution in [0.25, 0.3) is 0 Å². The van der Waals surface area contributed by atoms with E-state index < -0.39 is 0 Å². The molecule has 0 bridgehead atoms. The van der Waals surface area contributed by atoms with Gasteiger partial charge in [-0.2, -0.15) is 5.10 Å². The molecule has 0 radical (unpaired) electrons. The summed E-state index contributed by atoms with van der Waals surface area (Å²) < 4.78 is 1.62. The Balaban J connectivity index is 1.45. The van der Waals surface area contributed by atoms with Crippen molar-refractivity contribution in [1.29, 1.82) is 0 Å². The lowest BCUT2D eigenvalue weighted by Crippen LogP contribution is -2.50. The summed E-state index contributed by atoms with van der Waals surface area (Å²) in [6.07, 6.45) is 2.35. The van der Waals surface area contributed by atoms with Crippen LogP contribution in [0.15, 0.2) is 16.9 Å². The van der Waals surface area contributed by atoms with Crippen LogP contribution in [0.1, 0.15) is 46.2 Å². The van der Waals surface area contributed by atoms with Gasteiger partial charge in [0, 0.05) is 70.8 Å². The summed E-state index contributed by atoms with van der Waals surface area (Å²) in [7, 11) is 0. The number of hydrogen-bond donors (Lipinski definition) is 0. The fourth-order valence-corrected chi connectivity index (χ4v) is 4.31. The molecule has 0 saturated carbocycles. The molecule has 3 heterocycles. The predicted molar refractivity (Wildman–Crippen MR) is 115 cm³/mol. The molecule has 1 atom stereocenters. The van der Waals surface area contributed by atoms with Crippen molar-refractivity contribution in [2.24, 2.45) is 5.92 Å². The summed E-state index contributed by atoms with van der Waals surface area (Å²) in [5.41, 5.74) is 0.871. The van der Waals surface area contributed by atoms with Crippen molar-refractivity contribution in [3.63, 3.8) is 0 Å². The highest BCUT2D eigenvalue weighted by Gasteiger charge is 2.25. The lowest BCUT2D eigenvalue weighted by Gasteiger charge is -2.39. The summed E-state index contributed by atoms with van der Waals surface area (Å²) in [6, 6.07) is 3.48. The normalized spacial score (nSPS) is 22.1. The molecule has 1 unspecified atom stereocenters. The topological polar surface area (TPSA) is 61.7 Å². The van der Waals surface area contributed by atoms with Crippen LogP contribution < -0.4 is 5.56 Å². The Hall–Kier alpha value is -1.73. The first-order valence-electron chi connectivity index (χ1n) is 11.0. The van der Waals surface area contributed by atoms with Crippen LogP contribution in [0.2, 0.25) is 0 Å². The minimum atomic E-state index is -0.0574. The molecule has 29 heavy (non-hydrogen) atoms. The van der Waals surface area contributed by atoms with Crippen LogP contribution in [0.4, 0.5) is 0 Å². The first-order chi connectivity index (χ1) is 13.7. The second-order valence-corrected chi connectivity index (χ2v) is 9.65. The third kappa shape index (κ3) is 6.12. The third-order valence-electron chi connectivity index (χ3n) is 6.21. The van der Waals surface area contributed by atoms with Crippen molar-refractivity contribution in [1.82, 2.24) is 24.5 Å². The molecular formula is C22H37N5O2. The van der Waals surface area contributed by atoms with Gasteiger partial charge in [-0.15, -0.1) is 0 Å². The first kappa shape index (κ1) is 22.0. The molecule has 7 nitrogen and oxygen atoms in total. The number of amides is 1. The number of carbonyl (C=O) groups is 1. The zero-order valence-electron chi connectivity index (χ0n) is 18.6. The molecule has 3 rings (SSSR count). The Bertz CT molecular complexity index is 746. The van der Waals surface area contributed by atoms with Crippen LogP contribution in [-0.4, -0.2) is 82.7 Å². The maximum absolute atomic E-state index is 12.2. The molecule has 0 aromatic carbocycles. The summed E-state index contributed by atoms with van der Waals surface area (Å²) >= 11 is 0. The monoisotopic (exact) mass is 403 g/mol. The number of piperidine rings is 1. The van der Waals surface area contributed by atoms with Gasteiger partial charge < -0.3 is 9.80 Å². The van der Waals surface area contributed by atoms with Gasteiger partial charge in [0.05, 0.1) is 12.2 Å². The highest BCUT2D eigenvalue weighted by molar-refractivity contribution is 5.73. The largest absolute Gasteiger partial charge is 0.343 e. The second-order valence-electron chi connectivity index (χ2n) is 9.65. The van der Waals surface area contributed by atoms with E-state index in [1.807, 2.05) is 11.0 Å². The summed E-state index contributed by atoms with van der Waals surface area (Å²) in [5.74, 6) is 0.806. The maximum atomic E-state index is 12.2. The standard InChI is InChI=1S/C22H37N5O2/c1-18(28)26-9-5-6-19(17-26)16-25-12-10-24(11-13-25)14-15-27-21(29)8-7-20(23-27)22(2,3)4/h7-8,19H,5-6,9-17H2,1-4H3. The van der Waals surface area contributed by atoms with Gasteiger partial charge >= 0.3 is 0 Å². The van der Waals surface area contributed by atoms with Crippen LogP contribution >= 0.6 is 0 Å². The first-order valence-corrected chi connectivity index (χ1v) is 11.0. The number of aromatic nitrogens is 2. The SMILES string of the molecule is CC(=O)N1CCCC(CN2CCN(CCn3nc(C(C)(C)C)ccc3=O)CC2)C1. The molecule has 2 aliphatic heterocycles. The van der Waals surface area contributed by atoms with Gasteiger partial charge in [-0.25, -0.2) is 4.68 Å². The zero-order chi connectivity index (χ0) is 21.0. The average Bonchev–Trinajstić information content (AvgIpc) is 2.68. The Morgan fingerprint density at radius 3 is 2.41 bits per heavy atom. The molecule has 0 N–H and O–H groups in total. The summed E-state index contributed by atoms with van der Waals surface area (Å²) in [4.78, 5) is 30.8. The minimum Gasteiger partial charge on any atom is -0.343 e. The van der Waals surface area contributed by atoms with Gasteiger partial charge in [-0.3, -0.25) is 14.5 Å². The molecule has 162 valence electrons. The quantitative estimate of drug-likeness (QED) is 0.744. The van der Waals surface area contributed by atoms with E-state index in [0.717, 1.165) is 64.5 Å². The van der Waals surface area contributed by atoms with Crippen molar-refractivity contribution in [2.45, 2.75) is 52.5 Å². The summed E-state index contributed by atoms with van der Waals surface area (Å²) in [6.45, 7) is 16.6. The fraction of sp³-hybridized carbons (Fsp3) is 0.773. The molecule has 0 aliphatic carbocycles. The van der Waals surface area contributed by atoms with Crippen LogP contribution in [0, 0.1) is 5.92 Å². The van der Waals surface area contributed by atoms with Gasteiger partial charge in [0.2, 0.25) is 5.91 Å². The number of carbonyl (C=O) groups excluding carboxylic acids is 1. The number of rotatable bonds is 5. The van der Waals surface area contributed by atoms with Crippen LogP contribution in [0.5, 0.6) is 0 Å². The van der Waals surface area contributed by atoms with E-state index >= 15 is 0 Å². The van der Waals surface area contributed by atoms with E-state index in [2.05, 4.69) is 35.7 Å².